The SMILES string of the molecule is COC(=O)[C@H]1CCN(C(=O)OC)[C@@H](CN2CCC(F)(F)C2)C1. The van der Waals surface area contributed by atoms with Gasteiger partial charge in [0.05, 0.1) is 26.7 Å². The van der Waals surface area contributed by atoms with Gasteiger partial charge in [-0.1, -0.05) is 0 Å². The highest BCUT2D eigenvalue weighted by Gasteiger charge is 2.42. The summed E-state index contributed by atoms with van der Waals surface area (Å²) in [6.45, 7) is 0.669. The van der Waals surface area contributed by atoms with Crippen LogP contribution in [0.1, 0.15) is 19.3 Å². The Kier molecular flexibility index (Phi) is 5.20. The van der Waals surface area contributed by atoms with Crippen LogP contribution < -0.4 is 0 Å². The fourth-order valence-corrected chi connectivity index (χ4v) is 3.22. The van der Waals surface area contributed by atoms with Crippen LogP contribution in [0.4, 0.5) is 13.6 Å². The van der Waals surface area contributed by atoms with Crippen LogP contribution >= 0.6 is 0 Å². The van der Waals surface area contributed by atoms with Gasteiger partial charge in [-0.3, -0.25) is 9.69 Å². The number of hydrogen-bond donors (Lipinski definition) is 0. The molecule has 0 aromatic carbocycles. The van der Waals surface area contributed by atoms with E-state index in [4.69, 9.17) is 9.47 Å². The van der Waals surface area contributed by atoms with Gasteiger partial charge >= 0.3 is 12.1 Å². The van der Waals surface area contributed by atoms with Crippen LogP contribution in [-0.2, 0) is 14.3 Å². The van der Waals surface area contributed by atoms with E-state index < -0.39 is 12.0 Å². The zero-order chi connectivity index (χ0) is 16.3. The lowest BCUT2D eigenvalue weighted by Crippen LogP contribution is -2.52. The van der Waals surface area contributed by atoms with Crippen molar-refractivity contribution >= 4 is 12.1 Å². The maximum Gasteiger partial charge on any atom is 0.409 e. The van der Waals surface area contributed by atoms with Crippen LogP contribution in [-0.4, -0.2) is 74.2 Å². The molecule has 0 aromatic rings. The fraction of sp³-hybridized carbons (Fsp3) is 0.857. The molecule has 1 amide bonds. The van der Waals surface area contributed by atoms with Gasteiger partial charge in [0.25, 0.3) is 5.92 Å². The summed E-state index contributed by atoms with van der Waals surface area (Å²) in [6.07, 6.45) is 0.246. The predicted molar refractivity (Wildman–Crippen MR) is 73.6 cm³/mol. The summed E-state index contributed by atoms with van der Waals surface area (Å²) in [4.78, 5) is 26.7. The number of nitrogens with zero attached hydrogens (tertiary/aromatic N) is 2. The van der Waals surface area contributed by atoms with E-state index in [0.29, 0.717) is 32.5 Å². The quantitative estimate of drug-likeness (QED) is 0.735. The molecule has 6 nitrogen and oxygen atoms in total. The van der Waals surface area contributed by atoms with Crippen molar-refractivity contribution in [3.8, 4) is 0 Å². The second-order valence-corrected chi connectivity index (χ2v) is 5.90. The Morgan fingerprint density at radius 1 is 1.23 bits per heavy atom. The minimum atomic E-state index is -2.67. The fourth-order valence-electron chi connectivity index (χ4n) is 3.22. The van der Waals surface area contributed by atoms with E-state index in [-0.39, 0.29) is 30.9 Å². The number of alkyl halides is 2. The Morgan fingerprint density at radius 2 is 1.95 bits per heavy atom. The van der Waals surface area contributed by atoms with Gasteiger partial charge < -0.3 is 14.4 Å². The van der Waals surface area contributed by atoms with Gasteiger partial charge in [-0.25, -0.2) is 13.6 Å². The van der Waals surface area contributed by atoms with E-state index in [9.17, 15) is 18.4 Å². The lowest BCUT2D eigenvalue weighted by molar-refractivity contribution is -0.147. The normalized spacial score (nSPS) is 28.5. The number of carbonyl (C=O) groups excluding carboxylic acids is 2. The molecule has 2 aliphatic rings. The summed E-state index contributed by atoms with van der Waals surface area (Å²) in [5, 5.41) is 0. The number of methoxy groups -OCH3 is 2. The van der Waals surface area contributed by atoms with Crippen molar-refractivity contribution in [2.24, 2.45) is 5.92 Å². The second-order valence-electron chi connectivity index (χ2n) is 5.90. The van der Waals surface area contributed by atoms with Crippen molar-refractivity contribution in [2.45, 2.75) is 31.2 Å². The highest BCUT2D eigenvalue weighted by Crippen LogP contribution is 2.30. The van der Waals surface area contributed by atoms with Gasteiger partial charge in [-0.15, -0.1) is 0 Å². The van der Waals surface area contributed by atoms with Crippen LogP contribution in [0.25, 0.3) is 0 Å². The highest BCUT2D eigenvalue weighted by atomic mass is 19.3. The van der Waals surface area contributed by atoms with Gasteiger partial charge in [-0.05, 0) is 12.8 Å². The molecule has 0 spiro atoms. The van der Waals surface area contributed by atoms with Crippen LogP contribution in [0, 0.1) is 5.92 Å². The highest BCUT2D eigenvalue weighted by molar-refractivity contribution is 5.73. The first-order chi connectivity index (χ1) is 10.4. The summed E-state index contributed by atoms with van der Waals surface area (Å²) in [7, 11) is 2.61. The third-order valence-electron chi connectivity index (χ3n) is 4.38. The zero-order valence-electron chi connectivity index (χ0n) is 12.9. The molecule has 0 unspecified atom stereocenters. The molecule has 2 atom stereocenters. The molecule has 0 radical (unpaired) electrons. The Balaban J connectivity index is 2.03. The van der Waals surface area contributed by atoms with Gasteiger partial charge in [0, 0.05) is 32.1 Å². The van der Waals surface area contributed by atoms with Crippen LogP contribution in [0.2, 0.25) is 0 Å². The molecule has 0 aromatic heterocycles. The predicted octanol–water partition coefficient (Wildman–Crippen LogP) is 1.35. The molecule has 0 bridgehead atoms. The molecular formula is C14H22F2N2O4. The van der Waals surface area contributed by atoms with E-state index in [2.05, 4.69) is 0 Å². The van der Waals surface area contributed by atoms with E-state index in [1.165, 1.54) is 19.1 Å². The topological polar surface area (TPSA) is 59.1 Å². The van der Waals surface area contributed by atoms with Crippen molar-refractivity contribution in [3.05, 3.63) is 0 Å². The van der Waals surface area contributed by atoms with Crippen LogP contribution in [0.15, 0.2) is 0 Å². The molecule has 22 heavy (non-hydrogen) atoms. The molecule has 0 saturated carbocycles. The summed E-state index contributed by atoms with van der Waals surface area (Å²) in [6, 6.07) is -0.320. The first kappa shape index (κ1) is 16.9. The first-order valence-corrected chi connectivity index (χ1v) is 7.39. The van der Waals surface area contributed by atoms with Crippen molar-refractivity contribution in [1.82, 2.24) is 9.80 Å². The minimum absolute atomic E-state index is 0.168. The van der Waals surface area contributed by atoms with Gasteiger partial charge in [0.2, 0.25) is 0 Å². The van der Waals surface area contributed by atoms with Crippen molar-refractivity contribution < 1.29 is 27.8 Å². The number of piperidine rings is 1. The Labute approximate surface area is 128 Å². The Morgan fingerprint density at radius 3 is 2.50 bits per heavy atom. The first-order valence-electron chi connectivity index (χ1n) is 7.39. The molecule has 8 heteroatoms. The lowest BCUT2D eigenvalue weighted by atomic mass is 9.90. The molecule has 2 fully saturated rings. The largest absolute Gasteiger partial charge is 0.469 e. The van der Waals surface area contributed by atoms with Crippen LogP contribution in [0.5, 0.6) is 0 Å². The molecule has 2 saturated heterocycles. The number of halogens is 2. The van der Waals surface area contributed by atoms with E-state index in [1.54, 1.807) is 4.90 Å². The molecule has 2 heterocycles. The number of carbonyl (C=O) groups is 2. The van der Waals surface area contributed by atoms with E-state index >= 15 is 0 Å². The monoisotopic (exact) mass is 320 g/mol. The summed E-state index contributed by atoms with van der Waals surface area (Å²) < 4.78 is 36.1. The molecule has 0 N–H and O–H groups in total. The zero-order valence-corrected chi connectivity index (χ0v) is 12.9. The average molecular weight is 320 g/mol. The third kappa shape index (κ3) is 3.85. The standard InChI is InChI=1S/C14H22F2N2O4/c1-21-12(19)10-3-5-18(13(20)22-2)11(7-10)8-17-6-4-14(15,16)9-17/h10-11H,3-9H2,1-2H3/t10-,11+/m0/s1. The number of amides is 1. The smallest absolute Gasteiger partial charge is 0.409 e. The number of esters is 1. The third-order valence-corrected chi connectivity index (χ3v) is 4.38. The maximum absolute atomic E-state index is 13.3. The second kappa shape index (κ2) is 6.76. The number of ether oxygens (including phenoxy) is 2. The Hall–Kier alpha value is -1.44. The maximum atomic E-state index is 13.3. The van der Waals surface area contributed by atoms with E-state index in [1.807, 2.05) is 0 Å². The molecule has 2 aliphatic heterocycles. The van der Waals surface area contributed by atoms with Crippen molar-refractivity contribution in [2.75, 3.05) is 40.4 Å². The van der Waals surface area contributed by atoms with Crippen LogP contribution in [0.3, 0.4) is 0 Å². The van der Waals surface area contributed by atoms with Crippen molar-refractivity contribution in [1.29, 1.82) is 0 Å². The average Bonchev–Trinajstić information content (AvgIpc) is 2.84. The van der Waals surface area contributed by atoms with Gasteiger partial charge in [-0.2, -0.15) is 0 Å². The van der Waals surface area contributed by atoms with Crippen molar-refractivity contribution in [3.63, 3.8) is 0 Å². The summed E-state index contributed by atoms with van der Waals surface area (Å²) >= 11 is 0. The summed E-state index contributed by atoms with van der Waals surface area (Å²) in [5.41, 5.74) is 0. The number of hydrogen-bond acceptors (Lipinski definition) is 5. The number of likely N-dealkylation sites (tertiary alicyclic amines) is 2. The Bertz CT molecular complexity index is 433. The van der Waals surface area contributed by atoms with Gasteiger partial charge in [0.1, 0.15) is 0 Å². The number of rotatable bonds is 3. The molecule has 0 aliphatic carbocycles. The lowest BCUT2D eigenvalue weighted by Gasteiger charge is -2.39. The van der Waals surface area contributed by atoms with Gasteiger partial charge in [0.15, 0.2) is 0 Å². The molecule has 2 rings (SSSR count). The summed E-state index contributed by atoms with van der Waals surface area (Å²) in [5.74, 6) is -3.30. The van der Waals surface area contributed by atoms with E-state index in [0.717, 1.165) is 0 Å². The molecule has 126 valence electrons. The minimum Gasteiger partial charge on any atom is -0.469 e. The molecular weight excluding hydrogens is 298 g/mol.